The van der Waals surface area contributed by atoms with Crippen LogP contribution in [0.4, 0.5) is 9.18 Å². The Kier molecular flexibility index (Phi) is 6.07. The SMILES string of the molecule is CCCOC(=O)NCc1c(C(=O)O)n(Cc2cccc3ccccc23)c2ccc(F)cc12. The van der Waals surface area contributed by atoms with Gasteiger partial charge in [-0.25, -0.2) is 14.0 Å². The van der Waals surface area contributed by atoms with E-state index < -0.39 is 17.9 Å². The van der Waals surface area contributed by atoms with E-state index >= 15 is 0 Å². The molecule has 0 saturated carbocycles. The number of halogens is 1. The van der Waals surface area contributed by atoms with Gasteiger partial charge in [-0.15, -0.1) is 0 Å². The zero-order valence-corrected chi connectivity index (χ0v) is 17.6. The highest BCUT2D eigenvalue weighted by Crippen LogP contribution is 2.30. The van der Waals surface area contributed by atoms with Crippen LogP contribution in [-0.2, 0) is 17.8 Å². The first-order valence-electron chi connectivity index (χ1n) is 10.4. The second-order valence-corrected chi connectivity index (χ2v) is 7.51. The molecular formula is C25H23FN2O4. The van der Waals surface area contributed by atoms with Gasteiger partial charge in [0.1, 0.15) is 11.5 Å². The fraction of sp³-hybridized carbons (Fsp3) is 0.200. The first kappa shape index (κ1) is 21.4. The van der Waals surface area contributed by atoms with Crippen LogP contribution in [0, 0.1) is 5.82 Å². The van der Waals surface area contributed by atoms with Gasteiger partial charge in [-0.2, -0.15) is 0 Å². The third kappa shape index (κ3) is 4.14. The molecule has 164 valence electrons. The number of hydrogen-bond acceptors (Lipinski definition) is 3. The number of aromatic carboxylic acids is 1. The minimum Gasteiger partial charge on any atom is -0.477 e. The van der Waals surface area contributed by atoms with Gasteiger partial charge in [0.25, 0.3) is 0 Å². The highest BCUT2D eigenvalue weighted by molar-refractivity contribution is 5.99. The number of nitrogens with one attached hydrogen (secondary N) is 1. The van der Waals surface area contributed by atoms with Crippen molar-refractivity contribution in [2.24, 2.45) is 0 Å². The maximum Gasteiger partial charge on any atom is 0.407 e. The van der Waals surface area contributed by atoms with Crippen molar-refractivity contribution in [1.82, 2.24) is 9.88 Å². The molecule has 7 heteroatoms. The van der Waals surface area contributed by atoms with Crippen LogP contribution < -0.4 is 5.32 Å². The van der Waals surface area contributed by atoms with Crippen molar-refractivity contribution in [3.05, 3.63) is 83.3 Å². The Morgan fingerprint density at radius 3 is 2.62 bits per heavy atom. The van der Waals surface area contributed by atoms with Crippen LogP contribution in [0.5, 0.6) is 0 Å². The van der Waals surface area contributed by atoms with E-state index in [4.69, 9.17) is 4.74 Å². The highest BCUT2D eigenvalue weighted by atomic mass is 19.1. The molecule has 3 aromatic carbocycles. The summed E-state index contributed by atoms with van der Waals surface area (Å²) < 4.78 is 20.8. The van der Waals surface area contributed by atoms with Crippen molar-refractivity contribution in [2.45, 2.75) is 26.4 Å². The molecule has 0 bridgehead atoms. The van der Waals surface area contributed by atoms with E-state index in [9.17, 15) is 19.1 Å². The molecule has 1 amide bonds. The van der Waals surface area contributed by atoms with Gasteiger partial charge in [0.05, 0.1) is 6.61 Å². The fourth-order valence-corrected chi connectivity index (χ4v) is 3.99. The quantitative estimate of drug-likeness (QED) is 0.413. The normalized spacial score (nSPS) is 11.1. The van der Waals surface area contributed by atoms with Crippen molar-refractivity contribution in [1.29, 1.82) is 0 Å². The molecule has 0 radical (unpaired) electrons. The van der Waals surface area contributed by atoms with Crippen LogP contribution in [0.2, 0.25) is 0 Å². The molecule has 6 nitrogen and oxygen atoms in total. The Morgan fingerprint density at radius 2 is 1.84 bits per heavy atom. The minimum atomic E-state index is -1.15. The summed E-state index contributed by atoms with van der Waals surface area (Å²) in [5.41, 5.74) is 1.86. The first-order valence-corrected chi connectivity index (χ1v) is 10.4. The molecule has 1 heterocycles. The number of aromatic nitrogens is 1. The maximum atomic E-state index is 14.1. The molecule has 0 saturated heterocycles. The number of rotatable bonds is 7. The standard InChI is InChI=1S/C25H23FN2O4/c1-2-12-32-25(31)27-14-21-20-13-18(26)10-11-22(20)28(23(21)24(29)30)15-17-8-5-7-16-6-3-4-9-19(16)17/h3-11,13H,2,12,14-15H2,1H3,(H,27,31)(H,29,30). The number of carbonyl (C=O) groups excluding carboxylic acids is 1. The first-order chi connectivity index (χ1) is 15.5. The van der Waals surface area contributed by atoms with Crippen molar-refractivity contribution in [3.63, 3.8) is 0 Å². The number of carbonyl (C=O) groups is 2. The molecule has 0 aliphatic heterocycles. The molecule has 1 aromatic heterocycles. The topological polar surface area (TPSA) is 80.6 Å². The van der Waals surface area contributed by atoms with Crippen molar-refractivity contribution >= 4 is 33.7 Å². The van der Waals surface area contributed by atoms with E-state index in [0.717, 1.165) is 16.3 Å². The van der Waals surface area contributed by atoms with Crippen LogP contribution in [0.1, 0.15) is 35.0 Å². The van der Waals surface area contributed by atoms with Gasteiger partial charge < -0.3 is 19.7 Å². The second-order valence-electron chi connectivity index (χ2n) is 7.51. The van der Waals surface area contributed by atoms with Gasteiger partial charge in [-0.3, -0.25) is 0 Å². The molecule has 4 rings (SSSR count). The van der Waals surface area contributed by atoms with Gasteiger partial charge >= 0.3 is 12.1 Å². The summed E-state index contributed by atoms with van der Waals surface area (Å²) in [5, 5.41) is 15.1. The summed E-state index contributed by atoms with van der Waals surface area (Å²) >= 11 is 0. The van der Waals surface area contributed by atoms with E-state index in [1.807, 2.05) is 49.4 Å². The molecule has 4 aromatic rings. The monoisotopic (exact) mass is 434 g/mol. The number of fused-ring (bicyclic) bond motifs is 2. The Morgan fingerprint density at radius 1 is 1.06 bits per heavy atom. The Bertz CT molecular complexity index is 1310. The van der Waals surface area contributed by atoms with E-state index in [1.54, 1.807) is 10.6 Å². The third-order valence-corrected chi connectivity index (χ3v) is 5.39. The van der Waals surface area contributed by atoms with Gasteiger partial charge in [0.2, 0.25) is 0 Å². The average molecular weight is 434 g/mol. The number of carboxylic acids is 1. The molecule has 0 atom stereocenters. The number of benzene rings is 3. The van der Waals surface area contributed by atoms with E-state index in [0.29, 0.717) is 22.9 Å². The second kappa shape index (κ2) is 9.09. The smallest absolute Gasteiger partial charge is 0.407 e. The van der Waals surface area contributed by atoms with Crippen LogP contribution >= 0.6 is 0 Å². The highest BCUT2D eigenvalue weighted by Gasteiger charge is 2.24. The van der Waals surface area contributed by atoms with E-state index in [1.165, 1.54) is 12.1 Å². The summed E-state index contributed by atoms with van der Waals surface area (Å²) in [6, 6.07) is 17.9. The number of hydrogen-bond donors (Lipinski definition) is 2. The zero-order chi connectivity index (χ0) is 22.7. The third-order valence-electron chi connectivity index (χ3n) is 5.39. The summed E-state index contributed by atoms with van der Waals surface area (Å²) in [7, 11) is 0. The number of amides is 1. The lowest BCUT2D eigenvalue weighted by Crippen LogP contribution is -2.25. The summed E-state index contributed by atoms with van der Waals surface area (Å²) in [6.07, 6.45) is 0.0260. The van der Waals surface area contributed by atoms with Gasteiger partial charge in [0.15, 0.2) is 0 Å². The Labute approximate surface area is 184 Å². The van der Waals surface area contributed by atoms with Crippen molar-refractivity contribution < 1.29 is 23.8 Å². The van der Waals surface area contributed by atoms with Crippen molar-refractivity contribution in [3.8, 4) is 0 Å². The molecule has 0 aliphatic carbocycles. The Hall–Kier alpha value is -3.87. The summed E-state index contributed by atoms with van der Waals surface area (Å²) in [5.74, 6) is -1.63. The molecule has 0 aliphatic rings. The molecule has 2 N–H and O–H groups in total. The number of nitrogens with zero attached hydrogens (tertiary/aromatic N) is 1. The largest absolute Gasteiger partial charge is 0.477 e. The van der Waals surface area contributed by atoms with Crippen LogP contribution in [0.15, 0.2) is 60.7 Å². The van der Waals surface area contributed by atoms with Gasteiger partial charge in [0, 0.05) is 29.6 Å². The average Bonchev–Trinajstić information content (AvgIpc) is 3.09. The van der Waals surface area contributed by atoms with Crippen LogP contribution in [0.25, 0.3) is 21.7 Å². The predicted octanol–water partition coefficient (Wildman–Crippen LogP) is 5.32. The predicted molar refractivity (Wildman–Crippen MR) is 120 cm³/mol. The zero-order valence-electron chi connectivity index (χ0n) is 17.6. The summed E-state index contributed by atoms with van der Waals surface area (Å²) in [4.78, 5) is 24.3. The van der Waals surface area contributed by atoms with Crippen molar-refractivity contribution in [2.75, 3.05) is 6.61 Å². The summed E-state index contributed by atoms with van der Waals surface area (Å²) in [6.45, 7) is 2.33. The lowest BCUT2D eigenvalue weighted by molar-refractivity contribution is 0.0684. The number of ether oxygens (including phenoxy) is 1. The lowest BCUT2D eigenvalue weighted by Gasteiger charge is -2.12. The van der Waals surface area contributed by atoms with E-state index in [2.05, 4.69) is 5.32 Å². The minimum absolute atomic E-state index is 0.00863. The lowest BCUT2D eigenvalue weighted by atomic mass is 10.0. The maximum absolute atomic E-state index is 14.1. The van der Waals surface area contributed by atoms with Crippen LogP contribution in [0.3, 0.4) is 0 Å². The molecule has 32 heavy (non-hydrogen) atoms. The van der Waals surface area contributed by atoms with Gasteiger partial charge in [-0.05, 0) is 41.0 Å². The molecule has 0 unspecified atom stereocenters. The fourth-order valence-electron chi connectivity index (χ4n) is 3.99. The molecular weight excluding hydrogens is 411 g/mol. The molecule has 0 spiro atoms. The van der Waals surface area contributed by atoms with Crippen LogP contribution in [-0.4, -0.2) is 28.3 Å². The Balaban J connectivity index is 1.82. The number of alkyl carbamates (subject to hydrolysis) is 1. The molecule has 0 fully saturated rings. The van der Waals surface area contributed by atoms with E-state index in [-0.39, 0.29) is 25.4 Å². The van der Waals surface area contributed by atoms with Gasteiger partial charge in [-0.1, -0.05) is 49.4 Å². The number of carboxylic acid groups (broad SMARTS) is 1.